The molecule has 0 spiro atoms. The molecule has 1 aromatic carbocycles. The lowest BCUT2D eigenvalue weighted by atomic mass is 10.1. The molecule has 35 heavy (non-hydrogen) atoms. The Morgan fingerprint density at radius 2 is 1.71 bits per heavy atom. The van der Waals surface area contributed by atoms with Gasteiger partial charge in [-0.1, -0.05) is 12.5 Å². The van der Waals surface area contributed by atoms with E-state index in [9.17, 15) is 14.4 Å². The van der Waals surface area contributed by atoms with Gasteiger partial charge in [0.25, 0.3) is 11.5 Å². The second-order valence-electron chi connectivity index (χ2n) is 9.40. The van der Waals surface area contributed by atoms with Gasteiger partial charge in [-0.25, -0.2) is 4.79 Å². The number of aryl methyl sites for hydroxylation is 2. The predicted octanol–water partition coefficient (Wildman–Crippen LogP) is 2.81. The SMILES string of the molecule is COC(=O)c1c(OCCN2CCCCC2)cc(=O)n2c1CCN(C(=O)c1ccc(C)c(C)c1)CC2. The zero-order chi connectivity index (χ0) is 24.9. The lowest BCUT2D eigenvalue weighted by molar-refractivity contribution is 0.0592. The summed E-state index contributed by atoms with van der Waals surface area (Å²) in [5, 5.41) is 0. The number of piperidine rings is 1. The van der Waals surface area contributed by atoms with Gasteiger partial charge in [-0.3, -0.25) is 14.5 Å². The van der Waals surface area contributed by atoms with E-state index in [2.05, 4.69) is 4.90 Å². The number of aromatic nitrogens is 1. The maximum absolute atomic E-state index is 13.2. The number of methoxy groups -OCH3 is 1. The Morgan fingerprint density at radius 1 is 0.943 bits per heavy atom. The maximum Gasteiger partial charge on any atom is 0.343 e. The Kier molecular flexibility index (Phi) is 7.90. The van der Waals surface area contributed by atoms with E-state index in [-0.39, 0.29) is 22.8 Å². The van der Waals surface area contributed by atoms with Crippen molar-refractivity contribution < 1.29 is 19.1 Å². The lowest BCUT2D eigenvalue weighted by Gasteiger charge is -2.26. The summed E-state index contributed by atoms with van der Waals surface area (Å²) in [4.78, 5) is 43.1. The minimum Gasteiger partial charge on any atom is -0.491 e. The van der Waals surface area contributed by atoms with Crippen LogP contribution in [0.15, 0.2) is 29.1 Å². The summed E-state index contributed by atoms with van der Waals surface area (Å²) in [5.74, 6) is -0.346. The fraction of sp³-hybridized carbons (Fsp3) is 0.519. The summed E-state index contributed by atoms with van der Waals surface area (Å²) in [6.45, 7) is 8.32. The van der Waals surface area contributed by atoms with Gasteiger partial charge in [0.2, 0.25) is 0 Å². The van der Waals surface area contributed by atoms with Crippen LogP contribution in [0.4, 0.5) is 0 Å². The molecule has 8 heteroatoms. The Morgan fingerprint density at radius 3 is 2.43 bits per heavy atom. The molecular weight excluding hydrogens is 446 g/mol. The molecule has 0 radical (unpaired) electrons. The number of carbonyl (C=O) groups excluding carboxylic acids is 2. The first-order valence-corrected chi connectivity index (χ1v) is 12.5. The lowest BCUT2D eigenvalue weighted by Crippen LogP contribution is -2.34. The third-order valence-corrected chi connectivity index (χ3v) is 7.14. The van der Waals surface area contributed by atoms with Crippen molar-refractivity contribution in [3.05, 3.63) is 62.6 Å². The van der Waals surface area contributed by atoms with Crippen LogP contribution < -0.4 is 10.3 Å². The summed E-state index contributed by atoms with van der Waals surface area (Å²) in [6.07, 6.45) is 3.99. The summed E-state index contributed by atoms with van der Waals surface area (Å²) in [6, 6.07) is 7.06. The second-order valence-corrected chi connectivity index (χ2v) is 9.40. The summed E-state index contributed by atoms with van der Waals surface area (Å²) in [7, 11) is 1.33. The molecular formula is C27H35N3O5. The third kappa shape index (κ3) is 5.59. The Bertz CT molecular complexity index is 1150. The van der Waals surface area contributed by atoms with Crippen molar-refractivity contribution >= 4 is 11.9 Å². The van der Waals surface area contributed by atoms with Gasteiger partial charge in [0.05, 0.1) is 7.11 Å². The monoisotopic (exact) mass is 481 g/mol. The maximum atomic E-state index is 13.2. The Labute approximate surface area is 206 Å². The number of esters is 1. The molecule has 2 aromatic rings. The molecule has 0 unspecified atom stereocenters. The highest BCUT2D eigenvalue weighted by Gasteiger charge is 2.28. The standard InChI is InChI=1S/C27H35N3O5/c1-19-7-8-21(17-20(19)2)26(32)29-12-9-22-25(27(33)34-3)23(18-24(31)30(22)14-13-29)35-16-15-28-10-5-4-6-11-28/h7-8,17-18H,4-6,9-16H2,1-3H3. The molecule has 1 fully saturated rings. The van der Waals surface area contributed by atoms with Crippen LogP contribution in [0.25, 0.3) is 0 Å². The van der Waals surface area contributed by atoms with Crippen LogP contribution in [0, 0.1) is 13.8 Å². The van der Waals surface area contributed by atoms with Crippen LogP contribution in [-0.4, -0.2) is 72.7 Å². The fourth-order valence-corrected chi connectivity index (χ4v) is 4.91. The molecule has 4 rings (SSSR count). The topological polar surface area (TPSA) is 81.1 Å². The molecule has 3 heterocycles. The van der Waals surface area contributed by atoms with Gasteiger partial charge in [-0.05, 0) is 63.0 Å². The van der Waals surface area contributed by atoms with E-state index in [1.54, 1.807) is 9.47 Å². The van der Waals surface area contributed by atoms with Gasteiger partial charge in [0.15, 0.2) is 0 Å². The van der Waals surface area contributed by atoms with E-state index >= 15 is 0 Å². The molecule has 188 valence electrons. The van der Waals surface area contributed by atoms with E-state index in [0.717, 1.165) is 30.8 Å². The molecule has 2 aliphatic heterocycles. The highest BCUT2D eigenvalue weighted by molar-refractivity contribution is 5.95. The summed E-state index contributed by atoms with van der Waals surface area (Å²) < 4.78 is 12.6. The van der Waals surface area contributed by atoms with Crippen LogP contribution in [0.2, 0.25) is 0 Å². The van der Waals surface area contributed by atoms with Gasteiger partial charge in [0, 0.05) is 49.9 Å². The predicted molar refractivity (Wildman–Crippen MR) is 133 cm³/mol. The van der Waals surface area contributed by atoms with Crippen molar-refractivity contribution in [2.75, 3.05) is 46.4 Å². The smallest absolute Gasteiger partial charge is 0.343 e. The van der Waals surface area contributed by atoms with Crippen LogP contribution in [0.5, 0.6) is 5.75 Å². The van der Waals surface area contributed by atoms with Crippen molar-refractivity contribution in [1.82, 2.24) is 14.4 Å². The first-order valence-electron chi connectivity index (χ1n) is 12.5. The number of fused-ring (bicyclic) bond motifs is 1. The molecule has 1 amide bonds. The number of ether oxygens (including phenoxy) is 2. The quantitative estimate of drug-likeness (QED) is 0.591. The number of hydrogen-bond acceptors (Lipinski definition) is 6. The van der Waals surface area contributed by atoms with Crippen LogP contribution >= 0.6 is 0 Å². The summed E-state index contributed by atoms with van der Waals surface area (Å²) >= 11 is 0. The van der Waals surface area contributed by atoms with Crippen molar-refractivity contribution in [3.63, 3.8) is 0 Å². The van der Waals surface area contributed by atoms with Crippen molar-refractivity contribution in [3.8, 4) is 5.75 Å². The highest BCUT2D eigenvalue weighted by Crippen LogP contribution is 2.25. The van der Waals surface area contributed by atoms with Crippen molar-refractivity contribution in [2.24, 2.45) is 0 Å². The van der Waals surface area contributed by atoms with E-state index < -0.39 is 5.97 Å². The minimum atomic E-state index is -0.532. The molecule has 0 aliphatic carbocycles. The molecule has 1 saturated heterocycles. The zero-order valence-corrected chi connectivity index (χ0v) is 21.0. The van der Waals surface area contributed by atoms with E-state index in [1.807, 2.05) is 32.0 Å². The van der Waals surface area contributed by atoms with Crippen LogP contribution in [0.1, 0.15) is 56.8 Å². The number of nitrogens with zero attached hydrogens (tertiary/aromatic N) is 3. The highest BCUT2D eigenvalue weighted by atomic mass is 16.5. The van der Waals surface area contributed by atoms with Crippen molar-refractivity contribution in [1.29, 1.82) is 0 Å². The first kappa shape index (κ1) is 25.0. The van der Waals surface area contributed by atoms with Crippen molar-refractivity contribution in [2.45, 2.75) is 46.1 Å². The Hall–Kier alpha value is -3.13. The molecule has 1 aromatic heterocycles. The molecule has 0 N–H and O–H groups in total. The normalized spacial score (nSPS) is 16.4. The number of hydrogen-bond donors (Lipinski definition) is 0. The average Bonchev–Trinajstić information content (AvgIpc) is 3.09. The second kappa shape index (κ2) is 11.1. The van der Waals surface area contributed by atoms with E-state index in [0.29, 0.717) is 43.9 Å². The van der Waals surface area contributed by atoms with Gasteiger partial charge < -0.3 is 18.9 Å². The number of carbonyl (C=O) groups is 2. The summed E-state index contributed by atoms with van der Waals surface area (Å²) in [5.41, 5.74) is 3.43. The molecule has 0 bridgehead atoms. The van der Waals surface area contributed by atoms with Crippen LogP contribution in [0.3, 0.4) is 0 Å². The largest absolute Gasteiger partial charge is 0.491 e. The molecule has 2 aliphatic rings. The van der Waals surface area contributed by atoms with Gasteiger partial charge in [0.1, 0.15) is 17.9 Å². The number of likely N-dealkylation sites (tertiary alicyclic amines) is 1. The van der Waals surface area contributed by atoms with Gasteiger partial charge in [-0.2, -0.15) is 0 Å². The van der Waals surface area contributed by atoms with E-state index in [4.69, 9.17) is 9.47 Å². The molecule has 0 atom stereocenters. The number of benzene rings is 1. The Balaban J connectivity index is 1.55. The van der Waals surface area contributed by atoms with Gasteiger partial charge in [-0.15, -0.1) is 0 Å². The number of amides is 1. The third-order valence-electron chi connectivity index (χ3n) is 7.14. The molecule has 8 nitrogen and oxygen atoms in total. The van der Waals surface area contributed by atoms with Crippen LogP contribution in [-0.2, 0) is 17.7 Å². The average molecular weight is 482 g/mol. The van der Waals surface area contributed by atoms with Gasteiger partial charge >= 0.3 is 5.97 Å². The minimum absolute atomic E-state index is 0.0772. The molecule has 0 saturated carbocycles. The first-order chi connectivity index (χ1) is 16.9. The fourth-order valence-electron chi connectivity index (χ4n) is 4.91. The zero-order valence-electron chi connectivity index (χ0n) is 21.0. The number of rotatable bonds is 6. The number of pyridine rings is 1. The van der Waals surface area contributed by atoms with E-state index in [1.165, 1.54) is 32.4 Å².